The van der Waals surface area contributed by atoms with E-state index in [2.05, 4.69) is 39.5 Å². The summed E-state index contributed by atoms with van der Waals surface area (Å²) in [5.41, 5.74) is 6.46. The van der Waals surface area contributed by atoms with Crippen LogP contribution < -0.4 is 5.30 Å². The van der Waals surface area contributed by atoms with E-state index in [1.54, 1.807) is 5.57 Å². The van der Waals surface area contributed by atoms with Crippen LogP contribution in [-0.4, -0.2) is 31.2 Å². The van der Waals surface area contributed by atoms with Crippen molar-refractivity contribution in [2.75, 3.05) is 19.8 Å². The summed E-state index contributed by atoms with van der Waals surface area (Å²) in [5, 5.41) is 0.633. The van der Waals surface area contributed by atoms with Crippen molar-refractivity contribution in [2.45, 2.75) is 83.7 Å². The van der Waals surface area contributed by atoms with E-state index < -0.39 is 7.60 Å². The molecule has 0 unspecified atom stereocenters. The fraction of sp³-hybridized carbons (Fsp3) is 0.606. The average Bonchev–Trinajstić information content (AvgIpc) is 3.45. The summed E-state index contributed by atoms with van der Waals surface area (Å²) in [7, 11) is -3.32. The highest BCUT2D eigenvalue weighted by Gasteiger charge is 2.66. The lowest BCUT2D eigenvalue weighted by atomic mass is 9.50. The monoisotopic (exact) mass is 548 g/mol. The molecule has 5 atom stereocenters. The molecule has 5 nitrogen and oxygen atoms in total. The fourth-order valence-electron chi connectivity index (χ4n) is 9.05. The zero-order valence-corrected chi connectivity index (χ0v) is 24.5. The normalized spacial score (nSPS) is 38.8. The zero-order chi connectivity index (χ0) is 27.2. The van der Waals surface area contributed by atoms with Crippen LogP contribution in [0.2, 0.25) is 0 Å². The van der Waals surface area contributed by atoms with Gasteiger partial charge in [0.25, 0.3) is 0 Å². The molecular formula is C33H41O5P. The van der Waals surface area contributed by atoms with Crippen molar-refractivity contribution in [3.05, 3.63) is 64.8 Å². The molecule has 0 N–H and O–H groups in total. The summed E-state index contributed by atoms with van der Waals surface area (Å²) in [6, 6.07) is 8.22. The molecule has 2 aliphatic heterocycles. The third-order valence-electron chi connectivity index (χ3n) is 11.0. The quantitative estimate of drug-likeness (QED) is 0.289. The van der Waals surface area contributed by atoms with Crippen molar-refractivity contribution in [1.29, 1.82) is 0 Å². The SMILES string of the molecule is C=C1CCO[C@]12CC[C@H]1[C@@H]3CCC4=CC(=O)CCC4=C3[C@@H](c3ccc(P4(=O)OCC(C)(C)CO4)cc3)C[C@@]12C. The molecule has 2 saturated carbocycles. The first-order chi connectivity index (χ1) is 18.6. The highest BCUT2D eigenvalue weighted by Crippen LogP contribution is 2.70. The third kappa shape index (κ3) is 3.83. The Labute approximate surface area is 232 Å². The molecule has 1 aromatic rings. The minimum atomic E-state index is -3.32. The van der Waals surface area contributed by atoms with Gasteiger partial charge in [0, 0.05) is 23.2 Å². The second-order valence-corrected chi connectivity index (χ2v) is 15.9. The number of hydrogen-bond acceptors (Lipinski definition) is 5. The predicted octanol–water partition coefficient (Wildman–Crippen LogP) is 7.19. The van der Waals surface area contributed by atoms with E-state index >= 15 is 0 Å². The van der Waals surface area contributed by atoms with E-state index in [1.165, 1.54) is 28.7 Å². The molecule has 4 aliphatic carbocycles. The second-order valence-electron chi connectivity index (χ2n) is 13.9. The number of fused-ring (bicyclic) bond motifs is 5. The van der Waals surface area contributed by atoms with Crippen LogP contribution in [0.25, 0.3) is 0 Å². The van der Waals surface area contributed by atoms with Gasteiger partial charge in [0.1, 0.15) is 0 Å². The van der Waals surface area contributed by atoms with Gasteiger partial charge in [-0.15, -0.1) is 0 Å². The van der Waals surface area contributed by atoms with Crippen molar-refractivity contribution in [1.82, 2.24) is 0 Å². The molecule has 0 amide bonds. The highest BCUT2D eigenvalue weighted by molar-refractivity contribution is 7.62. The van der Waals surface area contributed by atoms with E-state index in [0.717, 1.165) is 45.1 Å². The average molecular weight is 549 g/mol. The Kier molecular flexibility index (Phi) is 5.94. The predicted molar refractivity (Wildman–Crippen MR) is 152 cm³/mol. The third-order valence-corrected chi connectivity index (χ3v) is 12.9. The minimum absolute atomic E-state index is 0.0122. The molecule has 2 saturated heterocycles. The van der Waals surface area contributed by atoms with E-state index in [4.69, 9.17) is 13.8 Å². The minimum Gasteiger partial charge on any atom is -0.370 e. The zero-order valence-electron chi connectivity index (χ0n) is 23.6. The Hall–Kier alpha value is -1.78. The van der Waals surface area contributed by atoms with Crippen LogP contribution in [0.15, 0.2) is 59.2 Å². The number of benzene rings is 1. The number of ketones is 1. The molecule has 7 rings (SSSR count). The van der Waals surface area contributed by atoms with E-state index in [9.17, 15) is 9.36 Å². The number of allylic oxidation sites excluding steroid dienone is 4. The van der Waals surface area contributed by atoms with Crippen LogP contribution in [0.4, 0.5) is 0 Å². The molecule has 6 aliphatic rings. The van der Waals surface area contributed by atoms with Crippen molar-refractivity contribution in [3.8, 4) is 0 Å². The van der Waals surface area contributed by atoms with Crippen LogP contribution in [0.3, 0.4) is 0 Å². The van der Waals surface area contributed by atoms with Gasteiger partial charge < -0.3 is 13.8 Å². The smallest absolute Gasteiger partial charge is 0.361 e. The summed E-state index contributed by atoms with van der Waals surface area (Å²) in [6.07, 6.45) is 9.70. The molecule has 1 spiro atoms. The number of rotatable bonds is 2. The second kappa shape index (κ2) is 8.86. The summed E-state index contributed by atoms with van der Waals surface area (Å²) >= 11 is 0. The van der Waals surface area contributed by atoms with Crippen LogP contribution in [0, 0.1) is 22.7 Å². The van der Waals surface area contributed by atoms with Crippen LogP contribution in [-0.2, 0) is 23.1 Å². The van der Waals surface area contributed by atoms with Crippen LogP contribution in [0.1, 0.15) is 83.6 Å². The van der Waals surface area contributed by atoms with Crippen molar-refractivity contribution in [3.63, 3.8) is 0 Å². The lowest BCUT2D eigenvalue weighted by Crippen LogP contribution is -2.52. The molecule has 6 heteroatoms. The Bertz CT molecular complexity index is 1340. The maximum Gasteiger partial charge on any atom is 0.361 e. The first-order valence-corrected chi connectivity index (χ1v) is 16.4. The molecule has 1 aromatic carbocycles. The summed E-state index contributed by atoms with van der Waals surface area (Å²) < 4.78 is 31.9. The lowest BCUT2D eigenvalue weighted by molar-refractivity contribution is -0.114. The Morgan fingerprint density at radius 3 is 2.41 bits per heavy atom. The fourth-order valence-corrected chi connectivity index (χ4v) is 11.0. The van der Waals surface area contributed by atoms with Gasteiger partial charge in [0.2, 0.25) is 0 Å². The Morgan fingerprint density at radius 1 is 0.974 bits per heavy atom. The first kappa shape index (κ1) is 26.1. The molecule has 208 valence electrons. The van der Waals surface area contributed by atoms with Gasteiger partial charge in [-0.05, 0) is 97.3 Å². The number of carbonyl (C=O) groups excluding carboxylic acids is 1. The molecule has 39 heavy (non-hydrogen) atoms. The van der Waals surface area contributed by atoms with Crippen molar-refractivity contribution < 1.29 is 23.1 Å². The van der Waals surface area contributed by atoms with Crippen molar-refractivity contribution >= 4 is 18.7 Å². The molecular weight excluding hydrogens is 507 g/mol. The highest BCUT2D eigenvalue weighted by atomic mass is 31.2. The Balaban J connectivity index is 1.31. The Morgan fingerprint density at radius 2 is 1.72 bits per heavy atom. The van der Waals surface area contributed by atoms with Gasteiger partial charge in [0.05, 0.1) is 30.7 Å². The standard InChI is InChI=1S/C33H41O5P/c1-21-14-16-36-33(21)15-13-29-27-11-7-23-17-24(34)8-12-26(23)30(27)28(18-32(29,33)4)22-5-9-25(10-6-22)39(35)37-19-31(2,3)20-38-39/h5-6,9-10,17,27-29H,1,7-8,11-16,18-20H2,2-4H3/t27-,28+,29-,32-,33+/m0/s1. The number of carbonyl (C=O) groups is 1. The topological polar surface area (TPSA) is 61.8 Å². The molecule has 0 bridgehead atoms. The van der Waals surface area contributed by atoms with E-state index in [-0.39, 0.29) is 28.1 Å². The molecule has 0 aromatic heterocycles. The molecule has 2 heterocycles. The molecule has 4 fully saturated rings. The van der Waals surface area contributed by atoms with Crippen molar-refractivity contribution in [2.24, 2.45) is 22.7 Å². The lowest BCUT2D eigenvalue weighted by Gasteiger charge is -2.55. The van der Waals surface area contributed by atoms with E-state index in [1.807, 2.05) is 18.2 Å². The maximum absolute atomic E-state index is 13.5. The number of hydrogen-bond donors (Lipinski definition) is 0. The molecule has 0 radical (unpaired) electrons. The van der Waals surface area contributed by atoms with Gasteiger partial charge in [-0.1, -0.05) is 45.1 Å². The van der Waals surface area contributed by atoms with Gasteiger partial charge in [-0.2, -0.15) is 0 Å². The summed E-state index contributed by atoms with van der Waals surface area (Å²) in [4.78, 5) is 12.4. The van der Waals surface area contributed by atoms with Gasteiger partial charge in [-0.3, -0.25) is 9.36 Å². The van der Waals surface area contributed by atoms with Gasteiger partial charge >= 0.3 is 7.60 Å². The van der Waals surface area contributed by atoms with Gasteiger partial charge in [0.15, 0.2) is 5.78 Å². The van der Waals surface area contributed by atoms with Gasteiger partial charge in [-0.25, -0.2) is 0 Å². The summed E-state index contributed by atoms with van der Waals surface area (Å²) in [5.74, 6) is 1.56. The van der Waals surface area contributed by atoms with Crippen LogP contribution in [0.5, 0.6) is 0 Å². The van der Waals surface area contributed by atoms with E-state index in [0.29, 0.717) is 36.8 Å². The summed E-state index contributed by atoms with van der Waals surface area (Å²) in [6.45, 7) is 12.8. The largest absolute Gasteiger partial charge is 0.370 e. The first-order valence-electron chi connectivity index (χ1n) is 14.8. The number of ether oxygens (including phenoxy) is 1. The van der Waals surface area contributed by atoms with Crippen LogP contribution >= 0.6 is 7.60 Å². The maximum atomic E-state index is 13.5.